The first-order chi connectivity index (χ1) is 14.1. The molecule has 0 aliphatic carbocycles. The number of carbonyl (C=O) groups excluding carboxylic acids is 1. The summed E-state index contributed by atoms with van der Waals surface area (Å²) in [5, 5.41) is 14.4. The van der Waals surface area contributed by atoms with Gasteiger partial charge in [-0.15, -0.1) is 11.3 Å². The Hall–Kier alpha value is -3.45. The van der Waals surface area contributed by atoms with Crippen LogP contribution in [0.4, 0.5) is 5.69 Å². The van der Waals surface area contributed by atoms with Crippen LogP contribution in [-0.2, 0) is 6.42 Å². The summed E-state index contributed by atoms with van der Waals surface area (Å²) in [5.41, 5.74) is 3.87. The van der Waals surface area contributed by atoms with Gasteiger partial charge in [-0.05, 0) is 35.1 Å². The van der Waals surface area contributed by atoms with Crippen LogP contribution in [0.15, 0.2) is 66.0 Å². The number of non-ortho nitro benzene ring substituents is 1. The van der Waals surface area contributed by atoms with Crippen LogP contribution in [0, 0.1) is 10.1 Å². The van der Waals surface area contributed by atoms with E-state index < -0.39 is 11.0 Å². The van der Waals surface area contributed by atoms with Crippen LogP contribution >= 0.6 is 11.3 Å². The molecule has 29 heavy (non-hydrogen) atoms. The molecule has 2 aromatic carbocycles. The number of carbonyl (C=O) groups is 1. The molecule has 1 atom stereocenters. The summed E-state index contributed by atoms with van der Waals surface area (Å²) < 4.78 is 0. The predicted octanol–water partition coefficient (Wildman–Crippen LogP) is 4.93. The molecule has 0 saturated carbocycles. The summed E-state index contributed by atoms with van der Waals surface area (Å²) >= 11 is 1.41. The summed E-state index contributed by atoms with van der Waals surface area (Å²) in [6.07, 6.45) is 0.738. The summed E-state index contributed by atoms with van der Waals surface area (Å²) in [6.45, 7) is 0.555. The van der Waals surface area contributed by atoms with E-state index in [9.17, 15) is 14.9 Å². The lowest BCUT2D eigenvalue weighted by Crippen LogP contribution is -2.40. The lowest BCUT2D eigenvalue weighted by atomic mass is 9.92. The highest BCUT2D eigenvalue weighted by Crippen LogP contribution is 2.40. The summed E-state index contributed by atoms with van der Waals surface area (Å²) in [6, 6.07) is 17.9. The van der Waals surface area contributed by atoms with Crippen LogP contribution in [0.1, 0.15) is 32.5 Å². The fraction of sp³-hybridized carbons (Fsp3) is 0.136. The lowest BCUT2D eigenvalue weighted by Gasteiger charge is -2.36. The maximum Gasteiger partial charge on any atom is 0.269 e. The van der Waals surface area contributed by atoms with Gasteiger partial charge in [0.1, 0.15) is 0 Å². The standard InChI is InChI=1S/C22H17N3O3S/c26-22(19-9-4-12-29-19)24-11-10-17-16-7-1-2-8-18(16)23-20(17)21(24)14-5-3-6-15(13-14)25(27)28/h1-9,12-13,21,23H,10-11H2. The van der Waals surface area contributed by atoms with Crippen molar-refractivity contribution in [1.29, 1.82) is 0 Å². The lowest BCUT2D eigenvalue weighted by molar-refractivity contribution is -0.384. The Labute approximate surface area is 170 Å². The SMILES string of the molecule is O=C(c1cccs1)N1CCc2c([nH]c3ccccc23)C1c1cccc([N+](=O)[O-])c1. The predicted molar refractivity (Wildman–Crippen MR) is 112 cm³/mol. The number of thiophene rings is 1. The number of benzene rings is 2. The largest absolute Gasteiger partial charge is 0.356 e. The minimum Gasteiger partial charge on any atom is -0.356 e. The first-order valence-electron chi connectivity index (χ1n) is 9.32. The van der Waals surface area contributed by atoms with Gasteiger partial charge in [-0.1, -0.05) is 36.4 Å². The van der Waals surface area contributed by atoms with Crippen LogP contribution in [0.2, 0.25) is 0 Å². The Kier molecular flexibility index (Phi) is 4.17. The summed E-state index contributed by atoms with van der Waals surface area (Å²) in [7, 11) is 0. The molecule has 0 saturated heterocycles. The highest BCUT2D eigenvalue weighted by atomic mass is 32.1. The van der Waals surface area contributed by atoms with E-state index in [2.05, 4.69) is 11.1 Å². The number of para-hydroxylation sites is 1. The number of fused-ring (bicyclic) bond motifs is 3. The van der Waals surface area contributed by atoms with Crippen molar-refractivity contribution in [1.82, 2.24) is 9.88 Å². The molecule has 1 aliphatic heterocycles. The van der Waals surface area contributed by atoms with E-state index in [0.717, 1.165) is 28.6 Å². The van der Waals surface area contributed by atoms with Crippen molar-refractivity contribution in [3.8, 4) is 0 Å². The van der Waals surface area contributed by atoms with Gasteiger partial charge in [0.15, 0.2) is 0 Å². The fourth-order valence-electron chi connectivity index (χ4n) is 4.16. The maximum absolute atomic E-state index is 13.3. The smallest absolute Gasteiger partial charge is 0.269 e. The number of H-pyrrole nitrogens is 1. The number of hydrogen-bond donors (Lipinski definition) is 1. The second-order valence-electron chi connectivity index (χ2n) is 7.04. The monoisotopic (exact) mass is 403 g/mol. The van der Waals surface area contributed by atoms with Crippen LogP contribution in [0.3, 0.4) is 0 Å². The summed E-state index contributed by atoms with van der Waals surface area (Å²) in [5.74, 6) is -0.0548. The quantitative estimate of drug-likeness (QED) is 0.389. The van der Waals surface area contributed by atoms with Crippen LogP contribution in [-0.4, -0.2) is 27.3 Å². The third kappa shape index (κ3) is 2.91. The van der Waals surface area contributed by atoms with E-state index in [0.29, 0.717) is 11.4 Å². The maximum atomic E-state index is 13.3. The van der Waals surface area contributed by atoms with Crippen LogP contribution in [0.5, 0.6) is 0 Å². The second-order valence-corrected chi connectivity index (χ2v) is 7.99. The molecule has 7 heteroatoms. The van der Waals surface area contributed by atoms with Gasteiger partial charge in [0.05, 0.1) is 15.8 Å². The topological polar surface area (TPSA) is 79.2 Å². The highest BCUT2D eigenvalue weighted by molar-refractivity contribution is 7.12. The van der Waals surface area contributed by atoms with Gasteiger partial charge in [-0.2, -0.15) is 0 Å². The number of nitro groups is 1. The molecule has 1 aliphatic rings. The van der Waals surface area contributed by atoms with Crippen molar-refractivity contribution >= 4 is 33.8 Å². The number of nitrogens with one attached hydrogen (secondary N) is 1. The number of hydrogen-bond acceptors (Lipinski definition) is 4. The van der Waals surface area contributed by atoms with Crippen molar-refractivity contribution in [3.63, 3.8) is 0 Å². The molecule has 0 bridgehead atoms. The molecular weight excluding hydrogens is 386 g/mol. The first-order valence-corrected chi connectivity index (χ1v) is 10.2. The van der Waals surface area contributed by atoms with Crippen molar-refractivity contribution < 1.29 is 9.72 Å². The molecule has 2 aromatic heterocycles. The Bertz CT molecular complexity index is 1230. The molecule has 0 fully saturated rings. The van der Waals surface area contributed by atoms with E-state index in [1.54, 1.807) is 12.1 Å². The Balaban J connectivity index is 1.70. The van der Waals surface area contributed by atoms with Gasteiger partial charge < -0.3 is 9.88 Å². The van der Waals surface area contributed by atoms with Crippen molar-refractivity contribution in [3.05, 3.63) is 97.9 Å². The number of aromatic amines is 1. The Morgan fingerprint density at radius 1 is 1.14 bits per heavy atom. The van der Waals surface area contributed by atoms with Gasteiger partial charge in [0.25, 0.3) is 11.6 Å². The zero-order valence-electron chi connectivity index (χ0n) is 15.4. The molecular formula is C22H17N3O3S. The normalized spacial score (nSPS) is 16.0. The fourth-order valence-corrected chi connectivity index (χ4v) is 4.84. The zero-order valence-corrected chi connectivity index (χ0v) is 16.2. The van der Waals surface area contributed by atoms with Gasteiger partial charge >= 0.3 is 0 Å². The van der Waals surface area contributed by atoms with E-state index in [1.807, 2.05) is 46.7 Å². The average molecular weight is 403 g/mol. The molecule has 0 spiro atoms. The number of nitrogens with zero attached hydrogens (tertiary/aromatic N) is 2. The number of rotatable bonds is 3. The molecule has 1 amide bonds. The van der Waals surface area contributed by atoms with E-state index in [4.69, 9.17) is 0 Å². The summed E-state index contributed by atoms with van der Waals surface area (Å²) in [4.78, 5) is 30.2. The van der Waals surface area contributed by atoms with Crippen molar-refractivity contribution in [2.75, 3.05) is 6.54 Å². The first kappa shape index (κ1) is 17.6. The highest BCUT2D eigenvalue weighted by Gasteiger charge is 2.35. The van der Waals surface area contributed by atoms with Crippen molar-refractivity contribution in [2.45, 2.75) is 12.5 Å². The van der Waals surface area contributed by atoms with Crippen LogP contribution < -0.4 is 0 Å². The third-order valence-electron chi connectivity index (χ3n) is 5.42. The van der Waals surface area contributed by atoms with E-state index in [-0.39, 0.29) is 11.6 Å². The zero-order chi connectivity index (χ0) is 20.0. The van der Waals surface area contributed by atoms with Gasteiger partial charge in [-0.25, -0.2) is 0 Å². The van der Waals surface area contributed by atoms with Crippen LogP contribution in [0.25, 0.3) is 10.9 Å². The molecule has 144 valence electrons. The number of aromatic nitrogens is 1. The van der Waals surface area contributed by atoms with Gasteiger partial charge in [-0.3, -0.25) is 14.9 Å². The molecule has 0 radical (unpaired) electrons. The second kappa shape index (κ2) is 6.86. The minimum absolute atomic E-state index is 0.0225. The Morgan fingerprint density at radius 2 is 2.00 bits per heavy atom. The third-order valence-corrected chi connectivity index (χ3v) is 6.28. The molecule has 6 nitrogen and oxygen atoms in total. The van der Waals surface area contributed by atoms with Gasteiger partial charge in [0.2, 0.25) is 0 Å². The molecule has 3 heterocycles. The molecule has 4 aromatic rings. The average Bonchev–Trinajstić information content (AvgIpc) is 3.40. The molecule has 5 rings (SSSR count). The Morgan fingerprint density at radius 3 is 2.79 bits per heavy atom. The molecule has 1 N–H and O–H groups in total. The van der Waals surface area contributed by atoms with E-state index in [1.165, 1.54) is 23.0 Å². The minimum atomic E-state index is -0.402. The van der Waals surface area contributed by atoms with E-state index >= 15 is 0 Å². The van der Waals surface area contributed by atoms with Crippen molar-refractivity contribution in [2.24, 2.45) is 0 Å². The molecule has 1 unspecified atom stereocenters. The van der Waals surface area contributed by atoms with Gasteiger partial charge in [0, 0.05) is 35.3 Å². The number of amides is 1. The number of nitro benzene ring substituents is 1.